The van der Waals surface area contributed by atoms with Gasteiger partial charge >= 0.3 is 11.9 Å². The zero-order valence-electron chi connectivity index (χ0n) is 38.7. The van der Waals surface area contributed by atoms with E-state index in [1.807, 2.05) is 58.5 Å². The maximum atomic E-state index is 14.4. The summed E-state index contributed by atoms with van der Waals surface area (Å²) >= 11 is 0. The molecule has 5 N–H and O–H groups in total. The van der Waals surface area contributed by atoms with Crippen molar-refractivity contribution in [3.63, 3.8) is 0 Å². The number of hydrogen-bond donors (Lipinski definition) is 5. The van der Waals surface area contributed by atoms with Crippen LogP contribution >= 0.6 is 0 Å². The van der Waals surface area contributed by atoms with Crippen molar-refractivity contribution >= 4 is 11.9 Å². The Bertz CT molecular complexity index is 1330. The Morgan fingerprint density at radius 1 is 1.00 bits per heavy atom. The summed E-state index contributed by atoms with van der Waals surface area (Å²) in [5.41, 5.74) is -4.46. The Hall–Kier alpha value is -1.54. The Kier molecular flexibility index (Phi) is 19.1. The standard InChI is InChI=1S/C43H81N3O13/c1-16-31-43(11,52)36(49)28(7)46(14)23-24(3)21-41(9,51)37(59-40-34(48)30(44-12)20-25(4)54-40)26(5)35(27(6)39(50)56-31)58-33-22-42(10,53-15)38(29(8)55-33)57-32(47)18-19-45(13)17-2/h24-31,33-38,40,44,48-49,51-52H,16-23H2,1-15H3/t24-,25-,26+,27-,28-,29+,30+,31-,33+,34-,35+,36-,37-,38?,40+,41-,42-,43-/m1/s1. The van der Waals surface area contributed by atoms with Crippen LogP contribution in [0.5, 0.6) is 0 Å². The van der Waals surface area contributed by atoms with Gasteiger partial charge in [-0.3, -0.25) is 9.59 Å². The molecule has 346 valence electrons. The highest BCUT2D eigenvalue weighted by molar-refractivity contribution is 5.73. The van der Waals surface area contributed by atoms with Gasteiger partial charge in [0.2, 0.25) is 0 Å². The molecule has 16 nitrogen and oxygen atoms in total. The number of nitrogens with zero attached hydrogens (tertiary/aromatic N) is 2. The van der Waals surface area contributed by atoms with E-state index in [4.69, 9.17) is 33.2 Å². The largest absolute Gasteiger partial charge is 0.459 e. The fourth-order valence-electron chi connectivity index (χ4n) is 9.38. The molecular formula is C43H81N3O13. The van der Waals surface area contributed by atoms with Crippen LogP contribution in [0.25, 0.3) is 0 Å². The predicted molar refractivity (Wildman–Crippen MR) is 221 cm³/mol. The van der Waals surface area contributed by atoms with E-state index < -0.39 is 96.0 Å². The predicted octanol–water partition coefficient (Wildman–Crippen LogP) is 2.45. The molecule has 3 fully saturated rings. The first-order chi connectivity index (χ1) is 27.4. The quantitative estimate of drug-likeness (QED) is 0.180. The van der Waals surface area contributed by atoms with E-state index in [0.717, 1.165) is 6.54 Å². The van der Waals surface area contributed by atoms with Crippen LogP contribution in [-0.2, 0) is 42.7 Å². The molecule has 0 aliphatic carbocycles. The molecule has 3 heterocycles. The second kappa shape index (κ2) is 21.7. The summed E-state index contributed by atoms with van der Waals surface area (Å²) in [5.74, 6) is -3.08. The number of carbonyl (C=O) groups is 2. The highest BCUT2D eigenvalue weighted by Crippen LogP contribution is 2.40. The van der Waals surface area contributed by atoms with Gasteiger partial charge in [-0.15, -0.1) is 0 Å². The maximum Gasteiger partial charge on any atom is 0.311 e. The van der Waals surface area contributed by atoms with E-state index in [2.05, 4.69) is 5.32 Å². The van der Waals surface area contributed by atoms with Crippen molar-refractivity contribution in [3.8, 4) is 0 Å². The minimum atomic E-state index is -1.82. The number of carbonyl (C=O) groups excluding carboxylic acids is 2. The van der Waals surface area contributed by atoms with Gasteiger partial charge in [-0.2, -0.15) is 0 Å². The number of rotatable bonds is 12. The van der Waals surface area contributed by atoms with E-state index in [9.17, 15) is 30.0 Å². The molecule has 0 aromatic heterocycles. The molecule has 3 saturated heterocycles. The molecule has 0 amide bonds. The van der Waals surface area contributed by atoms with Crippen LogP contribution in [-0.4, -0.2) is 180 Å². The molecule has 0 saturated carbocycles. The van der Waals surface area contributed by atoms with Crippen molar-refractivity contribution < 1.29 is 63.2 Å². The molecule has 18 atom stereocenters. The number of ether oxygens (including phenoxy) is 7. The van der Waals surface area contributed by atoms with Gasteiger partial charge in [0, 0.05) is 44.6 Å². The molecule has 0 spiro atoms. The van der Waals surface area contributed by atoms with Crippen molar-refractivity contribution in [1.82, 2.24) is 15.1 Å². The molecule has 3 rings (SSSR count). The molecule has 0 aromatic carbocycles. The summed E-state index contributed by atoms with van der Waals surface area (Å²) in [7, 11) is 7.06. The van der Waals surface area contributed by atoms with Crippen molar-refractivity contribution in [2.24, 2.45) is 17.8 Å². The first-order valence-corrected chi connectivity index (χ1v) is 21.8. The van der Waals surface area contributed by atoms with Gasteiger partial charge in [-0.25, -0.2) is 0 Å². The lowest BCUT2D eigenvalue weighted by atomic mass is 9.77. The number of aliphatic hydroxyl groups excluding tert-OH is 2. The average Bonchev–Trinajstić information content (AvgIpc) is 3.17. The Balaban J connectivity index is 2.12. The topological polar surface area (TPSA) is 198 Å². The molecule has 59 heavy (non-hydrogen) atoms. The summed E-state index contributed by atoms with van der Waals surface area (Å²) in [6, 6.07) is -0.897. The molecular weight excluding hydrogens is 766 g/mol. The van der Waals surface area contributed by atoms with E-state index in [0.29, 0.717) is 19.5 Å². The van der Waals surface area contributed by atoms with Crippen molar-refractivity contribution in [1.29, 1.82) is 0 Å². The van der Waals surface area contributed by atoms with E-state index in [-0.39, 0.29) is 49.7 Å². The zero-order chi connectivity index (χ0) is 44.8. The van der Waals surface area contributed by atoms with Crippen molar-refractivity contribution in [2.45, 2.75) is 199 Å². The summed E-state index contributed by atoms with van der Waals surface area (Å²) in [6.45, 7) is 21.4. The van der Waals surface area contributed by atoms with E-state index >= 15 is 0 Å². The van der Waals surface area contributed by atoms with Gasteiger partial charge in [0.1, 0.15) is 29.5 Å². The Morgan fingerprint density at radius 2 is 1.64 bits per heavy atom. The third-order valence-corrected chi connectivity index (χ3v) is 13.4. The maximum absolute atomic E-state index is 14.4. The van der Waals surface area contributed by atoms with E-state index in [1.165, 1.54) is 14.0 Å². The van der Waals surface area contributed by atoms with Gasteiger partial charge in [0.25, 0.3) is 0 Å². The molecule has 0 radical (unpaired) electrons. The summed E-state index contributed by atoms with van der Waals surface area (Å²) in [4.78, 5) is 31.3. The number of esters is 2. The van der Waals surface area contributed by atoms with Gasteiger partial charge in [0.15, 0.2) is 18.7 Å². The normalized spacial score (nSPS) is 45.0. The number of likely N-dealkylation sites (N-methyl/N-ethyl adjacent to an activating group) is 2. The number of hydrogen-bond acceptors (Lipinski definition) is 16. The highest BCUT2D eigenvalue weighted by atomic mass is 16.7. The molecule has 0 aromatic rings. The lowest BCUT2D eigenvalue weighted by Gasteiger charge is -2.49. The molecule has 1 unspecified atom stereocenters. The van der Waals surface area contributed by atoms with Gasteiger partial charge in [-0.1, -0.05) is 27.7 Å². The van der Waals surface area contributed by atoms with Gasteiger partial charge in [0.05, 0.1) is 42.4 Å². The first kappa shape index (κ1) is 51.8. The first-order valence-electron chi connectivity index (χ1n) is 21.8. The Labute approximate surface area is 353 Å². The van der Waals surface area contributed by atoms with Gasteiger partial charge in [-0.05, 0) is 101 Å². The van der Waals surface area contributed by atoms with Crippen LogP contribution in [0.2, 0.25) is 0 Å². The van der Waals surface area contributed by atoms with Crippen LogP contribution in [0, 0.1) is 17.8 Å². The number of cyclic esters (lactones) is 1. The fraction of sp³-hybridized carbons (Fsp3) is 0.953. The third kappa shape index (κ3) is 12.8. The second-order valence-corrected chi connectivity index (χ2v) is 18.6. The smallest absolute Gasteiger partial charge is 0.311 e. The molecule has 0 bridgehead atoms. The second-order valence-electron chi connectivity index (χ2n) is 18.6. The van der Waals surface area contributed by atoms with Crippen LogP contribution < -0.4 is 5.32 Å². The van der Waals surface area contributed by atoms with Crippen LogP contribution in [0.1, 0.15) is 108 Å². The zero-order valence-corrected chi connectivity index (χ0v) is 38.7. The minimum absolute atomic E-state index is 0.110. The summed E-state index contributed by atoms with van der Waals surface area (Å²) in [6.07, 6.45) is -8.21. The third-order valence-electron chi connectivity index (χ3n) is 13.4. The number of nitrogens with one attached hydrogen (secondary N) is 1. The highest BCUT2D eigenvalue weighted by Gasteiger charge is 2.53. The molecule has 3 aliphatic rings. The van der Waals surface area contributed by atoms with Crippen LogP contribution in [0.4, 0.5) is 0 Å². The van der Waals surface area contributed by atoms with E-state index in [1.54, 1.807) is 41.7 Å². The lowest BCUT2D eigenvalue weighted by molar-refractivity contribution is -0.317. The summed E-state index contributed by atoms with van der Waals surface area (Å²) < 4.78 is 44.3. The average molecular weight is 848 g/mol. The number of aliphatic hydroxyl groups is 4. The molecule has 3 aliphatic heterocycles. The van der Waals surface area contributed by atoms with Crippen molar-refractivity contribution in [2.75, 3.05) is 47.9 Å². The summed E-state index contributed by atoms with van der Waals surface area (Å²) in [5, 5.41) is 50.6. The van der Waals surface area contributed by atoms with Crippen LogP contribution in [0.15, 0.2) is 0 Å². The van der Waals surface area contributed by atoms with Crippen LogP contribution in [0.3, 0.4) is 0 Å². The van der Waals surface area contributed by atoms with Crippen molar-refractivity contribution in [3.05, 3.63) is 0 Å². The Morgan fingerprint density at radius 3 is 2.22 bits per heavy atom. The lowest BCUT2D eigenvalue weighted by Crippen LogP contribution is -2.61. The van der Waals surface area contributed by atoms with Gasteiger partial charge < -0.3 is 68.7 Å². The monoisotopic (exact) mass is 848 g/mol. The number of methoxy groups -OCH3 is 1. The minimum Gasteiger partial charge on any atom is -0.459 e. The fourth-order valence-corrected chi connectivity index (χ4v) is 9.38. The SMILES string of the molecule is CC[C@H]1OC(=O)[C@H](C)[C@@H](O[C@H]2C[C@@](C)(OC)C(OC(=O)CCN(C)CC)[C@H](C)O2)[C@H](C)[C@@H](O[C@@H]2O[C@H](C)C[C@H](NC)[C@H]2O)[C@](C)(O)C[C@@H](C)CN(C)[C@H](C)[C@@H](O)[C@]1(C)O. The molecule has 16 heteroatoms.